The van der Waals surface area contributed by atoms with Crippen molar-refractivity contribution in [2.45, 2.75) is 79.1 Å². The maximum absolute atomic E-state index is 14.7. The number of hydrogen-bond acceptors (Lipinski definition) is 10. The number of rotatable bonds is 24. The SMILES string of the molecule is CCCCC[C@@H](C(=O)NCNC(=O)c1ccc(-c2cc(OCC)cc(P(=O)(OCc3ccccc3)OCc3ccccc3)c2)o1)[C@@H](CC)N(C=O)OC(=O)c1ccc(C)cc1. The summed E-state index contributed by atoms with van der Waals surface area (Å²) in [7, 11) is -3.98. The summed E-state index contributed by atoms with van der Waals surface area (Å²) in [5.41, 5.74) is 3.31. The predicted molar refractivity (Wildman–Crippen MR) is 232 cm³/mol. The van der Waals surface area contributed by atoms with Crippen LogP contribution in [0.25, 0.3) is 11.3 Å². The Bertz CT molecular complexity index is 2180. The third-order valence-electron chi connectivity index (χ3n) is 9.88. The third kappa shape index (κ3) is 13.2. The molecule has 0 spiro atoms. The monoisotopic (exact) mass is 851 g/mol. The lowest BCUT2D eigenvalue weighted by Crippen LogP contribution is -2.49. The fourth-order valence-corrected chi connectivity index (χ4v) is 8.19. The first-order valence-electron chi connectivity index (χ1n) is 20.5. The van der Waals surface area contributed by atoms with Gasteiger partial charge in [0.25, 0.3) is 5.91 Å². The zero-order valence-electron chi connectivity index (χ0n) is 35.0. The Hall–Kier alpha value is -6.01. The molecule has 0 aliphatic heterocycles. The lowest BCUT2D eigenvalue weighted by atomic mass is 9.90. The average Bonchev–Trinajstić information content (AvgIpc) is 3.79. The van der Waals surface area contributed by atoms with E-state index in [0.29, 0.717) is 43.6 Å². The molecule has 0 aliphatic rings. The summed E-state index contributed by atoms with van der Waals surface area (Å²) in [5.74, 6) is -1.85. The van der Waals surface area contributed by atoms with Crippen LogP contribution in [0, 0.1) is 12.8 Å². The molecule has 0 fully saturated rings. The normalized spacial score (nSPS) is 12.2. The molecule has 0 unspecified atom stereocenters. The molecule has 0 saturated carbocycles. The van der Waals surface area contributed by atoms with Gasteiger partial charge in [0.15, 0.2) is 5.76 Å². The predicted octanol–water partition coefficient (Wildman–Crippen LogP) is 8.91. The molecule has 5 rings (SSSR count). The molecule has 4 aromatic carbocycles. The highest BCUT2D eigenvalue weighted by Crippen LogP contribution is 2.50. The van der Waals surface area contributed by atoms with Crippen LogP contribution in [0.15, 0.2) is 120 Å². The summed E-state index contributed by atoms with van der Waals surface area (Å²) in [4.78, 5) is 57.7. The highest BCUT2D eigenvalue weighted by molar-refractivity contribution is 7.62. The van der Waals surface area contributed by atoms with Crippen LogP contribution in [0.1, 0.15) is 90.5 Å². The van der Waals surface area contributed by atoms with Crippen molar-refractivity contribution in [2.75, 3.05) is 13.3 Å². The van der Waals surface area contributed by atoms with Crippen LogP contribution in [0.3, 0.4) is 0 Å². The van der Waals surface area contributed by atoms with E-state index < -0.39 is 37.3 Å². The van der Waals surface area contributed by atoms with Gasteiger partial charge in [-0.25, -0.2) is 4.79 Å². The Morgan fingerprint density at radius 1 is 0.803 bits per heavy atom. The minimum absolute atomic E-state index is 0.0259. The highest BCUT2D eigenvalue weighted by atomic mass is 31.2. The number of nitrogens with zero attached hydrogens (tertiary/aromatic N) is 1. The van der Waals surface area contributed by atoms with E-state index in [4.69, 9.17) is 23.0 Å². The summed E-state index contributed by atoms with van der Waals surface area (Å²) in [6.45, 7) is 7.69. The van der Waals surface area contributed by atoms with Crippen molar-refractivity contribution < 1.29 is 46.8 Å². The third-order valence-corrected chi connectivity index (χ3v) is 11.7. The number of ether oxygens (including phenoxy) is 1. The van der Waals surface area contributed by atoms with Crippen molar-refractivity contribution in [3.05, 3.63) is 143 Å². The molecule has 61 heavy (non-hydrogen) atoms. The number of benzene rings is 4. The van der Waals surface area contributed by atoms with Crippen LogP contribution in [0.5, 0.6) is 5.75 Å². The lowest BCUT2D eigenvalue weighted by molar-refractivity contribution is -0.171. The van der Waals surface area contributed by atoms with E-state index in [9.17, 15) is 23.7 Å². The molecule has 14 heteroatoms. The number of hydroxylamine groups is 2. The van der Waals surface area contributed by atoms with Crippen molar-refractivity contribution in [3.8, 4) is 17.1 Å². The standard InChI is InChI=1S/C47H54N3O10P/c1-5-8-11-20-41(42(6-2)50(33-51)60-47(54)37-23-21-34(4)22-24-37)45(52)48-32-49-46(53)44-26-25-43(59-44)38-27-39(56-7-3)29-40(28-38)61(55,57-30-35-16-12-9-13-17-35)58-31-36-18-14-10-15-19-36/h9-10,12-19,21-29,33,41-42H,5-8,11,20,30-32H2,1-4H3,(H,48,52)(H,49,53)/t41-,42-/m1/s1. The summed E-state index contributed by atoms with van der Waals surface area (Å²) in [5, 5.41) is 6.57. The van der Waals surface area contributed by atoms with Crippen LogP contribution < -0.4 is 20.7 Å². The van der Waals surface area contributed by atoms with Crippen molar-refractivity contribution >= 4 is 37.1 Å². The van der Waals surface area contributed by atoms with Crippen LogP contribution in [-0.4, -0.2) is 48.6 Å². The smallest absolute Gasteiger partial charge is 0.363 e. The Balaban J connectivity index is 1.29. The Labute approximate surface area is 357 Å². The number of amides is 3. The van der Waals surface area contributed by atoms with Crippen LogP contribution in [-0.2, 0) is 41.3 Å². The number of unbranched alkanes of at least 4 members (excludes halogenated alkanes) is 2. The fourth-order valence-electron chi connectivity index (χ4n) is 6.59. The first-order chi connectivity index (χ1) is 29.6. The van der Waals surface area contributed by atoms with Gasteiger partial charge in [0.05, 0.1) is 49.3 Å². The van der Waals surface area contributed by atoms with Crippen LogP contribution >= 0.6 is 7.60 Å². The van der Waals surface area contributed by atoms with Gasteiger partial charge in [-0.15, -0.1) is 0 Å². The van der Waals surface area contributed by atoms with Gasteiger partial charge < -0.3 is 33.7 Å². The van der Waals surface area contributed by atoms with E-state index in [-0.39, 0.29) is 42.3 Å². The Morgan fingerprint density at radius 3 is 2.05 bits per heavy atom. The summed E-state index contributed by atoms with van der Waals surface area (Å²) in [6.07, 6.45) is 3.63. The second-order valence-electron chi connectivity index (χ2n) is 14.3. The number of aryl methyl sites for hydroxylation is 1. The van der Waals surface area contributed by atoms with E-state index in [1.165, 1.54) is 6.07 Å². The lowest BCUT2D eigenvalue weighted by Gasteiger charge is -2.31. The molecule has 322 valence electrons. The van der Waals surface area contributed by atoms with Gasteiger partial charge in [0.1, 0.15) is 11.5 Å². The molecule has 1 aromatic heterocycles. The molecular weight excluding hydrogens is 798 g/mol. The van der Waals surface area contributed by atoms with Crippen LogP contribution in [0.2, 0.25) is 0 Å². The highest BCUT2D eigenvalue weighted by Gasteiger charge is 2.34. The fraction of sp³-hybridized carbons (Fsp3) is 0.319. The minimum atomic E-state index is -3.98. The van der Waals surface area contributed by atoms with E-state index in [0.717, 1.165) is 34.6 Å². The molecule has 0 aliphatic carbocycles. The number of carbonyl (C=O) groups excluding carboxylic acids is 4. The van der Waals surface area contributed by atoms with Gasteiger partial charge in [-0.05, 0) is 80.3 Å². The molecule has 0 saturated heterocycles. The summed E-state index contributed by atoms with van der Waals surface area (Å²) in [6, 6.07) is 32.7. The van der Waals surface area contributed by atoms with Crippen LogP contribution in [0.4, 0.5) is 0 Å². The van der Waals surface area contributed by atoms with E-state index in [1.807, 2.05) is 81.4 Å². The Morgan fingerprint density at radius 2 is 1.46 bits per heavy atom. The molecule has 1 heterocycles. The second-order valence-corrected chi connectivity index (χ2v) is 16.4. The quantitative estimate of drug-likeness (QED) is 0.0202. The summed E-state index contributed by atoms with van der Waals surface area (Å²) < 4.78 is 38.7. The number of furan rings is 1. The van der Waals surface area contributed by atoms with Crippen molar-refractivity contribution in [3.63, 3.8) is 0 Å². The number of nitrogens with one attached hydrogen (secondary N) is 2. The van der Waals surface area contributed by atoms with E-state index in [2.05, 4.69) is 10.6 Å². The minimum Gasteiger partial charge on any atom is -0.494 e. The first kappa shape index (κ1) is 46.1. The zero-order chi connectivity index (χ0) is 43.6. The van der Waals surface area contributed by atoms with Gasteiger partial charge >= 0.3 is 13.6 Å². The first-order valence-corrected chi connectivity index (χ1v) is 22.1. The van der Waals surface area contributed by atoms with E-state index in [1.54, 1.807) is 55.5 Å². The second kappa shape index (κ2) is 23.1. The Kier molecular flexibility index (Phi) is 17.5. The molecule has 2 atom stereocenters. The zero-order valence-corrected chi connectivity index (χ0v) is 35.9. The van der Waals surface area contributed by atoms with Gasteiger partial charge in [0.2, 0.25) is 12.3 Å². The molecule has 0 radical (unpaired) electrons. The largest absolute Gasteiger partial charge is 0.494 e. The molecular formula is C47H54N3O10P. The van der Waals surface area contributed by atoms with Crippen molar-refractivity contribution in [2.24, 2.45) is 5.92 Å². The molecule has 13 nitrogen and oxygen atoms in total. The van der Waals surface area contributed by atoms with Crippen molar-refractivity contribution in [1.29, 1.82) is 0 Å². The molecule has 0 bridgehead atoms. The molecule has 3 amide bonds. The van der Waals surface area contributed by atoms with Gasteiger partial charge in [-0.1, -0.05) is 111 Å². The van der Waals surface area contributed by atoms with Gasteiger partial charge in [-0.2, -0.15) is 5.06 Å². The number of hydrogen-bond donors (Lipinski definition) is 2. The van der Waals surface area contributed by atoms with E-state index >= 15 is 0 Å². The maximum Gasteiger partial charge on any atom is 0.363 e. The van der Waals surface area contributed by atoms with Gasteiger partial charge in [0, 0.05) is 5.56 Å². The topological polar surface area (TPSA) is 163 Å². The van der Waals surface area contributed by atoms with Gasteiger partial charge in [-0.3, -0.25) is 18.9 Å². The average molecular weight is 852 g/mol. The number of carbonyl (C=O) groups is 4. The maximum atomic E-state index is 14.7. The summed E-state index contributed by atoms with van der Waals surface area (Å²) >= 11 is 0. The van der Waals surface area contributed by atoms with Crippen molar-refractivity contribution in [1.82, 2.24) is 15.7 Å². The molecule has 5 aromatic rings. The molecule has 2 N–H and O–H groups in total.